The minimum absolute atomic E-state index is 0.326. The Hall–Kier alpha value is -0.810. The number of nitrogens with two attached hydrogens (primary N) is 1. The van der Waals surface area contributed by atoms with E-state index < -0.39 is 0 Å². The molecule has 0 aromatic carbocycles. The van der Waals surface area contributed by atoms with E-state index in [0.29, 0.717) is 18.0 Å². The molecule has 0 unspecified atom stereocenters. The second kappa shape index (κ2) is 5.01. The van der Waals surface area contributed by atoms with E-state index in [4.69, 9.17) is 10.5 Å². The summed E-state index contributed by atoms with van der Waals surface area (Å²) >= 11 is 1.62. The van der Waals surface area contributed by atoms with Gasteiger partial charge in [-0.3, -0.25) is 0 Å². The molecule has 0 radical (unpaired) electrons. The fourth-order valence-corrected chi connectivity index (χ4v) is 2.76. The van der Waals surface area contributed by atoms with E-state index in [1.165, 1.54) is 0 Å². The van der Waals surface area contributed by atoms with Crippen LogP contribution in [-0.4, -0.2) is 30.3 Å². The Labute approximate surface area is 100 Å². The summed E-state index contributed by atoms with van der Waals surface area (Å²) < 4.78 is 5.81. The lowest BCUT2D eigenvalue weighted by Gasteiger charge is -2.32. The van der Waals surface area contributed by atoms with E-state index in [0.717, 1.165) is 31.1 Å². The summed E-state index contributed by atoms with van der Waals surface area (Å²) in [6.07, 6.45) is 2.90. The molecule has 0 atom stereocenters. The monoisotopic (exact) mass is 241 g/mol. The van der Waals surface area contributed by atoms with Crippen LogP contribution in [0.4, 0.5) is 10.9 Å². The van der Waals surface area contributed by atoms with Crippen molar-refractivity contribution in [3.05, 3.63) is 5.38 Å². The molecule has 1 aliphatic rings. The lowest BCUT2D eigenvalue weighted by Crippen LogP contribution is -2.37. The number of rotatable bonds is 3. The molecule has 0 saturated carbocycles. The summed E-state index contributed by atoms with van der Waals surface area (Å²) in [6, 6.07) is 0. The SMILES string of the molecule is CC(C)OC1CCN(c2nc(N)cs2)CC1. The molecule has 0 spiro atoms. The Balaban J connectivity index is 1.85. The van der Waals surface area contributed by atoms with Crippen LogP contribution in [0.2, 0.25) is 0 Å². The number of nitrogens with zero attached hydrogens (tertiary/aromatic N) is 2. The highest BCUT2D eigenvalue weighted by Crippen LogP contribution is 2.25. The predicted octanol–water partition coefficient (Wildman–Crippen LogP) is 2.12. The van der Waals surface area contributed by atoms with Gasteiger partial charge in [-0.1, -0.05) is 0 Å². The van der Waals surface area contributed by atoms with Crippen LogP contribution in [0.5, 0.6) is 0 Å². The summed E-state index contributed by atoms with van der Waals surface area (Å²) in [5, 5.41) is 2.94. The molecular weight excluding hydrogens is 222 g/mol. The average molecular weight is 241 g/mol. The van der Waals surface area contributed by atoms with Crippen LogP contribution in [-0.2, 0) is 4.74 Å². The smallest absolute Gasteiger partial charge is 0.187 e. The molecule has 2 N–H and O–H groups in total. The molecule has 2 heterocycles. The van der Waals surface area contributed by atoms with E-state index in [1.807, 2.05) is 5.38 Å². The molecule has 1 fully saturated rings. The van der Waals surface area contributed by atoms with Crippen molar-refractivity contribution in [3.63, 3.8) is 0 Å². The third kappa shape index (κ3) is 2.86. The Morgan fingerprint density at radius 3 is 2.69 bits per heavy atom. The summed E-state index contributed by atoms with van der Waals surface area (Å²) in [5.74, 6) is 0.626. The van der Waals surface area contributed by atoms with Gasteiger partial charge in [0.1, 0.15) is 5.82 Å². The number of hydrogen-bond acceptors (Lipinski definition) is 5. The number of thiazole rings is 1. The minimum Gasteiger partial charge on any atom is -0.383 e. The Morgan fingerprint density at radius 1 is 1.50 bits per heavy atom. The van der Waals surface area contributed by atoms with Crippen LogP contribution in [0.1, 0.15) is 26.7 Å². The number of piperidine rings is 1. The molecule has 0 aliphatic carbocycles. The largest absolute Gasteiger partial charge is 0.383 e. The summed E-state index contributed by atoms with van der Waals surface area (Å²) in [7, 11) is 0. The van der Waals surface area contributed by atoms with Crippen molar-refractivity contribution in [2.45, 2.75) is 38.9 Å². The van der Waals surface area contributed by atoms with Gasteiger partial charge in [0.05, 0.1) is 12.2 Å². The van der Waals surface area contributed by atoms with Crippen molar-refractivity contribution < 1.29 is 4.74 Å². The van der Waals surface area contributed by atoms with Crippen molar-refractivity contribution in [3.8, 4) is 0 Å². The first-order chi connectivity index (χ1) is 7.65. The summed E-state index contributed by atoms with van der Waals surface area (Å²) in [6.45, 7) is 6.22. The summed E-state index contributed by atoms with van der Waals surface area (Å²) in [5.41, 5.74) is 5.63. The van der Waals surface area contributed by atoms with Gasteiger partial charge < -0.3 is 15.4 Å². The lowest BCUT2D eigenvalue weighted by atomic mass is 10.1. The Kier molecular flexibility index (Phi) is 3.66. The zero-order valence-electron chi connectivity index (χ0n) is 9.85. The third-order valence-electron chi connectivity index (χ3n) is 2.69. The zero-order chi connectivity index (χ0) is 11.5. The molecule has 0 bridgehead atoms. The highest BCUT2D eigenvalue weighted by Gasteiger charge is 2.22. The molecule has 5 heteroatoms. The Morgan fingerprint density at radius 2 is 2.19 bits per heavy atom. The van der Waals surface area contributed by atoms with Crippen molar-refractivity contribution >= 4 is 22.3 Å². The van der Waals surface area contributed by atoms with Crippen LogP contribution in [0.3, 0.4) is 0 Å². The van der Waals surface area contributed by atoms with E-state index in [9.17, 15) is 0 Å². The second-order valence-electron chi connectivity index (χ2n) is 4.43. The van der Waals surface area contributed by atoms with Gasteiger partial charge in [0, 0.05) is 18.5 Å². The van der Waals surface area contributed by atoms with Crippen LogP contribution in [0.15, 0.2) is 5.38 Å². The van der Waals surface area contributed by atoms with Gasteiger partial charge >= 0.3 is 0 Å². The van der Waals surface area contributed by atoms with Crippen molar-refractivity contribution in [2.75, 3.05) is 23.7 Å². The first-order valence-electron chi connectivity index (χ1n) is 5.76. The molecular formula is C11H19N3OS. The third-order valence-corrected chi connectivity index (χ3v) is 3.61. The fraction of sp³-hybridized carbons (Fsp3) is 0.727. The average Bonchev–Trinajstić information content (AvgIpc) is 2.65. The highest BCUT2D eigenvalue weighted by molar-refractivity contribution is 7.14. The van der Waals surface area contributed by atoms with Crippen LogP contribution < -0.4 is 10.6 Å². The molecule has 4 nitrogen and oxygen atoms in total. The Bertz CT molecular complexity index is 332. The number of ether oxygens (including phenoxy) is 1. The molecule has 2 rings (SSSR count). The van der Waals surface area contributed by atoms with Crippen LogP contribution in [0, 0.1) is 0 Å². The molecule has 1 aromatic heterocycles. The van der Waals surface area contributed by atoms with Gasteiger partial charge in [0.2, 0.25) is 0 Å². The number of nitrogen functional groups attached to an aromatic ring is 1. The predicted molar refractivity (Wildman–Crippen MR) is 68.0 cm³/mol. The molecule has 1 saturated heterocycles. The number of hydrogen-bond donors (Lipinski definition) is 1. The van der Waals surface area contributed by atoms with Gasteiger partial charge in [-0.05, 0) is 26.7 Å². The van der Waals surface area contributed by atoms with Gasteiger partial charge in [-0.2, -0.15) is 0 Å². The lowest BCUT2D eigenvalue weighted by molar-refractivity contribution is -0.00478. The van der Waals surface area contributed by atoms with Gasteiger partial charge in [0.25, 0.3) is 0 Å². The zero-order valence-corrected chi connectivity index (χ0v) is 10.7. The number of anilines is 2. The molecule has 0 amide bonds. The van der Waals surface area contributed by atoms with E-state index in [2.05, 4.69) is 23.7 Å². The molecule has 1 aliphatic heterocycles. The van der Waals surface area contributed by atoms with Crippen molar-refractivity contribution in [1.29, 1.82) is 0 Å². The van der Waals surface area contributed by atoms with Crippen molar-refractivity contribution in [1.82, 2.24) is 4.98 Å². The normalized spacial score (nSPS) is 18.3. The second-order valence-corrected chi connectivity index (χ2v) is 5.26. The standard InChI is InChI=1S/C11H19N3OS/c1-8(2)15-9-3-5-14(6-4-9)11-13-10(12)7-16-11/h7-9H,3-6,12H2,1-2H3. The molecule has 1 aromatic rings. The topological polar surface area (TPSA) is 51.4 Å². The van der Waals surface area contributed by atoms with E-state index >= 15 is 0 Å². The van der Waals surface area contributed by atoms with Crippen LogP contribution in [0.25, 0.3) is 0 Å². The maximum atomic E-state index is 5.81. The maximum absolute atomic E-state index is 5.81. The van der Waals surface area contributed by atoms with E-state index in [-0.39, 0.29) is 0 Å². The first-order valence-corrected chi connectivity index (χ1v) is 6.64. The minimum atomic E-state index is 0.326. The quantitative estimate of drug-likeness (QED) is 0.880. The summed E-state index contributed by atoms with van der Waals surface area (Å²) in [4.78, 5) is 6.59. The van der Waals surface area contributed by atoms with Gasteiger partial charge in [-0.25, -0.2) is 4.98 Å². The fourth-order valence-electron chi connectivity index (χ4n) is 1.99. The van der Waals surface area contributed by atoms with Crippen LogP contribution >= 0.6 is 11.3 Å². The molecule has 16 heavy (non-hydrogen) atoms. The molecule has 90 valence electrons. The van der Waals surface area contributed by atoms with Crippen molar-refractivity contribution in [2.24, 2.45) is 0 Å². The van der Waals surface area contributed by atoms with Gasteiger partial charge in [0.15, 0.2) is 5.13 Å². The van der Waals surface area contributed by atoms with Gasteiger partial charge in [-0.15, -0.1) is 11.3 Å². The van der Waals surface area contributed by atoms with E-state index in [1.54, 1.807) is 11.3 Å². The maximum Gasteiger partial charge on any atom is 0.187 e. The first kappa shape index (κ1) is 11.7. The highest BCUT2D eigenvalue weighted by atomic mass is 32.1. The number of aromatic nitrogens is 1.